The first-order valence-electron chi connectivity index (χ1n) is 13.2. The Morgan fingerprint density at radius 3 is 2.08 bits per heavy atom. The molecule has 9 heteroatoms. The van der Waals surface area contributed by atoms with Crippen molar-refractivity contribution in [2.45, 2.75) is 51.4 Å². The van der Waals surface area contributed by atoms with Crippen molar-refractivity contribution < 1.29 is 32.4 Å². The Morgan fingerprint density at radius 1 is 0.925 bits per heavy atom. The molecule has 1 aliphatic heterocycles. The highest BCUT2D eigenvalue weighted by Gasteiger charge is 2.52. The van der Waals surface area contributed by atoms with Gasteiger partial charge in [0.25, 0.3) is 0 Å². The standard InChI is InChI=1S/C31H32BF2NO5/c1-30(2)31(3,4)40-32(39-30)21(17-20-11-5-10-16-27(20)38-28(33)34)18-35-29(36)37-19-26-24-14-8-6-12-22(24)23-13-7-9-15-25(23)26/h5-17,26,28H,18-19H2,1-4H3,(H,35,36). The van der Waals surface area contributed by atoms with Gasteiger partial charge in [0.2, 0.25) is 0 Å². The van der Waals surface area contributed by atoms with Crippen molar-refractivity contribution in [2.75, 3.05) is 13.2 Å². The summed E-state index contributed by atoms with van der Waals surface area (Å²) in [5, 5.41) is 2.79. The van der Waals surface area contributed by atoms with Crippen LogP contribution in [0.3, 0.4) is 0 Å². The molecule has 1 saturated heterocycles. The largest absolute Gasteiger partial charge is 0.492 e. The van der Waals surface area contributed by atoms with Crippen LogP contribution in [-0.4, -0.2) is 44.2 Å². The summed E-state index contributed by atoms with van der Waals surface area (Å²) in [6.45, 7) is 4.86. The Balaban J connectivity index is 1.32. The first-order valence-corrected chi connectivity index (χ1v) is 13.2. The molecule has 1 fully saturated rings. The van der Waals surface area contributed by atoms with Crippen LogP contribution in [0.4, 0.5) is 13.6 Å². The van der Waals surface area contributed by atoms with Gasteiger partial charge in [-0.2, -0.15) is 8.78 Å². The van der Waals surface area contributed by atoms with Crippen LogP contribution in [0, 0.1) is 0 Å². The summed E-state index contributed by atoms with van der Waals surface area (Å²) in [4.78, 5) is 12.9. The van der Waals surface area contributed by atoms with Crippen molar-refractivity contribution in [1.82, 2.24) is 5.32 Å². The van der Waals surface area contributed by atoms with Gasteiger partial charge in [0.15, 0.2) is 0 Å². The lowest BCUT2D eigenvalue weighted by Crippen LogP contribution is -2.41. The second-order valence-corrected chi connectivity index (χ2v) is 10.9. The second-order valence-electron chi connectivity index (χ2n) is 10.9. The zero-order chi connectivity index (χ0) is 28.5. The molecule has 1 heterocycles. The number of hydrogen-bond donors (Lipinski definition) is 1. The molecule has 208 valence electrons. The van der Waals surface area contributed by atoms with E-state index >= 15 is 0 Å². The minimum absolute atomic E-state index is 0.00709. The number of para-hydroxylation sites is 1. The van der Waals surface area contributed by atoms with Gasteiger partial charge in [0, 0.05) is 18.0 Å². The molecule has 0 saturated carbocycles. The van der Waals surface area contributed by atoms with Crippen molar-refractivity contribution >= 4 is 19.3 Å². The van der Waals surface area contributed by atoms with Crippen LogP contribution in [-0.2, 0) is 14.0 Å². The molecule has 3 aromatic rings. The van der Waals surface area contributed by atoms with E-state index in [1.165, 1.54) is 6.07 Å². The zero-order valence-corrected chi connectivity index (χ0v) is 22.9. The van der Waals surface area contributed by atoms with E-state index < -0.39 is 31.0 Å². The molecule has 0 unspecified atom stereocenters. The van der Waals surface area contributed by atoms with Crippen molar-refractivity contribution in [1.29, 1.82) is 0 Å². The van der Waals surface area contributed by atoms with Crippen LogP contribution in [0.15, 0.2) is 78.3 Å². The van der Waals surface area contributed by atoms with E-state index in [1.54, 1.807) is 24.3 Å². The van der Waals surface area contributed by atoms with Crippen LogP contribution in [0.5, 0.6) is 5.75 Å². The van der Waals surface area contributed by atoms with Crippen molar-refractivity contribution in [3.05, 3.63) is 95.0 Å². The van der Waals surface area contributed by atoms with E-state index in [2.05, 4.69) is 29.6 Å². The minimum atomic E-state index is -2.98. The fourth-order valence-electron chi connectivity index (χ4n) is 5.02. The second kappa shape index (κ2) is 11.1. The number of fused-ring (bicyclic) bond motifs is 3. The number of alkyl halides is 2. The van der Waals surface area contributed by atoms with E-state index in [0.717, 1.165) is 22.3 Å². The maximum absolute atomic E-state index is 13.0. The lowest BCUT2D eigenvalue weighted by Gasteiger charge is -2.32. The molecule has 0 aromatic heterocycles. The molecule has 0 atom stereocenters. The van der Waals surface area contributed by atoms with Gasteiger partial charge < -0.3 is 24.1 Å². The minimum Gasteiger partial charge on any atom is -0.449 e. The average Bonchev–Trinajstić information content (AvgIpc) is 3.34. The summed E-state index contributed by atoms with van der Waals surface area (Å²) in [5.41, 5.74) is 4.17. The molecule has 1 amide bonds. The number of amides is 1. The molecular formula is C31H32BF2NO5. The molecule has 5 rings (SSSR count). The van der Waals surface area contributed by atoms with Crippen LogP contribution in [0.2, 0.25) is 0 Å². The average molecular weight is 547 g/mol. The van der Waals surface area contributed by atoms with E-state index in [4.69, 9.17) is 18.8 Å². The molecule has 2 aliphatic rings. The SMILES string of the molecule is CC1(C)OB(C(=Cc2ccccc2OC(F)F)CNC(=O)OCC2c3ccccc3-c3ccccc32)OC1(C)C. The third kappa shape index (κ3) is 5.62. The number of carbonyl (C=O) groups is 1. The summed E-state index contributed by atoms with van der Waals surface area (Å²) >= 11 is 0. The van der Waals surface area contributed by atoms with Gasteiger partial charge in [-0.05, 0) is 61.5 Å². The summed E-state index contributed by atoms with van der Waals surface area (Å²) in [7, 11) is -0.821. The topological polar surface area (TPSA) is 66.0 Å². The third-order valence-corrected chi connectivity index (χ3v) is 7.81. The van der Waals surface area contributed by atoms with Gasteiger partial charge in [0.1, 0.15) is 12.4 Å². The molecule has 0 bridgehead atoms. The quantitative estimate of drug-likeness (QED) is 0.313. The van der Waals surface area contributed by atoms with Gasteiger partial charge >= 0.3 is 19.8 Å². The van der Waals surface area contributed by atoms with Crippen molar-refractivity contribution in [3.63, 3.8) is 0 Å². The predicted octanol–water partition coefficient (Wildman–Crippen LogP) is 6.84. The number of ether oxygens (including phenoxy) is 2. The number of hydrogen-bond acceptors (Lipinski definition) is 5. The number of rotatable bonds is 8. The number of alkyl carbamates (subject to hydrolysis) is 1. The van der Waals surface area contributed by atoms with Crippen LogP contribution in [0.1, 0.15) is 50.3 Å². The summed E-state index contributed by atoms with van der Waals surface area (Å²) in [6, 6.07) is 22.7. The van der Waals surface area contributed by atoms with Gasteiger partial charge in [-0.3, -0.25) is 0 Å². The first kappa shape index (κ1) is 27.9. The maximum atomic E-state index is 13.0. The fraction of sp³-hybridized carbons (Fsp3) is 0.323. The molecule has 0 radical (unpaired) electrons. The predicted molar refractivity (Wildman–Crippen MR) is 150 cm³/mol. The maximum Gasteiger partial charge on any atom is 0.492 e. The smallest absolute Gasteiger partial charge is 0.449 e. The van der Waals surface area contributed by atoms with E-state index in [-0.39, 0.29) is 24.8 Å². The van der Waals surface area contributed by atoms with E-state index in [9.17, 15) is 13.6 Å². The molecule has 1 N–H and O–H groups in total. The van der Waals surface area contributed by atoms with Gasteiger partial charge in [-0.1, -0.05) is 72.8 Å². The summed E-state index contributed by atoms with van der Waals surface area (Å²) in [5.74, 6) is -0.0673. The monoisotopic (exact) mass is 547 g/mol. The number of benzene rings is 3. The van der Waals surface area contributed by atoms with Crippen LogP contribution in [0.25, 0.3) is 17.2 Å². The van der Waals surface area contributed by atoms with E-state index in [1.807, 2.05) is 52.0 Å². The molecule has 3 aromatic carbocycles. The Hall–Kier alpha value is -3.69. The Kier molecular flexibility index (Phi) is 7.71. The number of carbonyl (C=O) groups excluding carboxylic acids is 1. The highest BCUT2D eigenvalue weighted by Crippen LogP contribution is 2.44. The molecule has 1 aliphatic carbocycles. The highest BCUT2D eigenvalue weighted by atomic mass is 19.3. The lowest BCUT2D eigenvalue weighted by atomic mass is 9.77. The van der Waals surface area contributed by atoms with Crippen LogP contribution >= 0.6 is 0 Å². The Bertz CT molecular complexity index is 1360. The number of nitrogens with one attached hydrogen (secondary N) is 1. The Labute approximate surface area is 233 Å². The fourth-order valence-corrected chi connectivity index (χ4v) is 5.02. The van der Waals surface area contributed by atoms with Gasteiger partial charge in [-0.15, -0.1) is 0 Å². The van der Waals surface area contributed by atoms with Gasteiger partial charge in [-0.25, -0.2) is 4.79 Å². The zero-order valence-electron chi connectivity index (χ0n) is 22.9. The summed E-state index contributed by atoms with van der Waals surface area (Å²) < 4.78 is 48.8. The first-order chi connectivity index (χ1) is 19.1. The lowest BCUT2D eigenvalue weighted by molar-refractivity contribution is -0.0499. The van der Waals surface area contributed by atoms with Crippen LogP contribution < -0.4 is 10.1 Å². The Morgan fingerprint density at radius 2 is 1.48 bits per heavy atom. The molecular weight excluding hydrogens is 515 g/mol. The van der Waals surface area contributed by atoms with Crippen molar-refractivity contribution in [3.8, 4) is 16.9 Å². The third-order valence-electron chi connectivity index (χ3n) is 7.81. The normalized spacial score (nSPS) is 17.5. The number of halogens is 2. The summed E-state index contributed by atoms with van der Waals surface area (Å²) in [6.07, 6.45) is 1.03. The van der Waals surface area contributed by atoms with Gasteiger partial charge in [0.05, 0.1) is 11.2 Å². The molecule has 6 nitrogen and oxygen atoms in total. The molecule has 0 spiro atoms. The van der Waals surface area contributed by atoms with Crippen molar-refractivity contribution in [2.24, 2.45) is 0 Å². The van der Waals surface area contributed by atoms with E-state index in [0.29, 0.717) is 11.0 Å². The highest BCUT2D eigenvalue weighted by molar-refractivity contribution is 6.56. The molecule has 40 heavy (non-hydrogen) atoms.